The van der Waals surface area contributed by atoms with E-state index in [0.717, 1.165) is 10.9 Å². The second-order valence-electron chi connectivity index (χ2n) is 5.17. The topological polar surface area (TPSA) is 105 Å². The zero-order valence-corrected chi connectivity index (χ0v) is 12.7. The Morgan fingerprint density at radius 1 is 1.26 bits per heavy atom. The number of aromatic amines is 1. The first-order valence-electron chi connectivity index (χ1n) is 7.08. The lowest BCUT2D eigenvalue weighted by Gasteiger charge is -2.11. The van der Waals surface area contributed by atoms with Gasteiger partial charge in [0.15, 0.2) is 5.82 Å². The summed E-state index contributed by atoms with van der Waals surface area (Å²) in [6.07, 6.45) is 3.30. The van der Waals surface area contributed by atoms with Crippen molar-refractivity contribution in [3.63, 3.8) is 0 Å². The molecule has 1 aromatic carbocycles. The van der Waals surface area contributed by atoms with Crippen LogP contribution in [-0.4, -0.2) is 31.6 Å². The fourth-order valence-corrected chi connectivity index (χ4v) is 2.25. The number of para-hydroxylation sites is 1. The lowest BCUT2D eigenvalue weighted by Crippen LogP contribution is -2.37. The Morgan fingerprint density at radius 2 is 2.09 bits per heavy atom. The summed E-state index contributed by atoms with van der Waals surface area (Å²) in [5.74, 6) is -1.04. The van der Waals surface area contributed by atoms with Crippen molar-refractivity contribution in [3.8, 4) is 0 Å². The molecule has 1 unspecified atom stereocenters. The van der Waals surface area contributed by atoms with Crippen LogP contribution < -0.4 is 10.6 Å². The highest BCUT2D eigenvalue weighted by molar-refractivity contribution is 6.40. The number of hydrogen-bond donors (Lipinski definition) is 3. The Balaban J connectivity index is 1.68. The highest BCUT2D eigenvalue weighted by Crippen LogP contribution is 2.21. The Labute approximate surface area is 131 Å². The van der Waals surface area contributed by atoms with Gasteiger partial charge < -0.3 is 15.6 Å². The molecule has 0 aliphatic heterocycles. The molecular weight excluding hydrogens is 296 g/mol. The predicted molar refractivity (Wildman–Crippen MR) is 84.5 cm³/mol. The first-order chi connectivity index (χ1) is 11.0. The van der Waals surface area contributed by atoms with Crippen LogP contribution in [0.1, 0.15) is 18.8 Å². The number of aryl methyl sites for hydroxylation is 1. The van der Waals surface area contributed by atoms with E-state index in [9.17, 15) is 9.59 Å². The van der Waals surface area contributed by atoms with Gasteiger partial charge in [0.1, 0.15) is 6.33 Å². The first kappa shape index (κ1) is 14.8. The fraction of sp³-hybridized carbons (Fsp3) is 0.200. The third kappa shape index (κ3) is 3.05. The maximum Gasteiger partial charge on any atom is 0.313 e. The summed E-state index contributed by atoms with van der Waals surface area (Å²) >= 11 is 0. The van der Waals surface area contributed by atoms with Gasteiger partial charge in [0.25, 0.3) is 0 Å². The van der Waals surface area contributed by atoms with E-state index in [1.807, 2.05) is 18.2 Å². The van der Waals surface area contributed by atoms with Gasteiger partial charge in [-0.15, -0.1) is 0 Å². The molecule has 3 aromatic rings. The van der Waals surface area contributed by atoms with Crippen molar-refractivity contribution in [2.24, 2.45) is 7.05 Å². The summed E-state index contributed by atoms with van der Waals surface area (Å²) in [6, 6.07) is 6.88. The molecule has 0 saturated carbocycles. The number of rotatable bonds is 3. The van der Waals surface area contributed by atoms with Crippen LogP contribution in [0.2, 0.25) is 0 Å². The molecule has 8 heteroatoms. The Morgan fingerprint density at radius 3 is 2.83 bits per heavy atom. The zero-order valence-electron chi connectivity index (χ0n) is 12.7. The number of nitrogens with one attached hydrogen (secondary N) is 3. The highest BCUT2D eigenvalue weighted by Gasteiger charge is 2.20. The number of benzene rings is 1. The van der Waals surface area contributed by atoms with Crippen molar-refractivity contribution >= 4 is 28.4 Å². The second kappa shape index (κ2) is 5.91. The summed E-state index contributed by atoms with van der Waals surface area (Å²) < 4.78 is 1.53. The molecule has 0 bridgehead atoms. The number of carbonyl (C=O) groups is 2. The molecule has 118 valence electrons. The molecule has 0 spiro atoms. The maximum absolute atomic E-state index is 12.1. The number of amides is 2. The number of anilines is 1. The molecular formula is C15H16N6O2. The number of aromatic nitrogens is 4. The average molecular weight is 312 g/mol. The standard InChI is InChI=1S/C15H16N6O2/c1-9(13-17-8-21(2)20-13)18-14(22)15(23)19-11-5-3-4-10-6-7-16-12(10)11/h3-9,16H,1-2H3,(H,18,22)(H,19,23). The van der Waals surface area contributed by atoms with E-state index in [0.29, 0.717) is 11.5 Å². The molecule has 0 radical (unpaired) electrons. The second-order valence-corrected chi connectivity index (χ2v) is 5.17. The van der Waals surface area contributed by atoms with Crippen LogP contribution in [0.4, 0.5) is 5.69 Å². The molecule has 1 atom stereocenters. The molecule has 3 N–H and O–H groups in total. The summed E-state index contributed by atoms with van der Waals surface area (Å²) in [7, 11) is 1.73. The van der Waals surface area contributed by atoms with Gasteiger partial charge in [-0.2, -0.15) is 5.10 Å². The van der Waals surface area contributed by atoms with Crippen LogP contribution in [0.3, 0.4) is 0 Å². The van der Waals surface area contributed by atoms with E-state index in [1.54, 1.807) is 26.2 Å². The van der Waals surface area contributed by atoms with Gasteiger partial charge in [-0.1, -0.05) is 12.1 Å². The highest BCUT2D eigenvalue weighted by atomic mass is 16.2. The van der Waals surface area contributed by atoms with Crippen LogP contribution >= 0.6 is 0 Å². The number of hydrogen-bond acceptors (Lipinski definition) is 4. The van der Waals surface area contributed by atoms with Crippen LogP contribution in [0.5, 0.6) is 0 Å². The normalized spacial score (nSPS) is 12.1. The van der Waals surface area contributed by atoms with E-state index in [4.69, 9.17) is 0 Å². The SMILES string of the molecule is CC(NC(=O)C(=O)Nc1cccc2cc[nH]c12)c1ncn(C)n1. The van der Waals surface area contributed by atoms with Gasteiger partial charge in [0, 0.05) is 18.6 Å². The molecule has 2 heterocycles. The summed E-state index contributed by atoms with van der Waals surface area (Å²) in [5.41, 5.74) is 1.32. The first-order valence-corrected chi connectivity index (χ1v) is 7.08. The molecule has 23 heavy (non-hydrogen) atoms. The van der Waals surface area contributed by atoms with E-state index < -0.39 is 17.9 Å². The van der Waals surface area contributed by atoms with Gasteiger partial charge >= 0.3 is 11.8 Å². The van der Waals surface area contributed by atoms with Gasteiger partial charge in [0.05, 0.1) is 17.2 Å². The minimum absolute atomic E-state index is 0.445. The zero-order chi connectivity index (χ0) is 16.4. The van der Waals surface area contributed by atoms with Crippen LogP contribution in [0.15, 0.2) is 36.8 Å². The lowest BCUT2D eigenvalue weighted by molar-refractivity contribution is -0.136. The van der Waals surface area contributed by atoms with Crippen LogP contribution in [0.25, 0.3) is 10.9 Å². The van der Waals surface area contributed by atoms with E-state index >= 15 is 0 Å². The monoisotopic (exact) mass is 312 g/mol. The Bertz CT molecular complexity index is 866. The van der Waals surface area contributed by atoms with E-state index in [1.165, 1.54) is 11.0 Å². The van der Waals surface area contributed by atoms with Crippen molar-refractivity contribution in [2.75, 3.05) is 5.32 Å². The quantitative estimate of drug-likeness (QED) is 0.630. The minimum Gasteiger partial charge on any atom is -0.359 e. The molecule has 0 aliphatic rings. The van der Waals surface area contributed by atoms with Gasteiger partial charge in [-0.05, 0) is 19.1 Å². The van der Waals surface area contributed by atoms with Gasteiger partial charge in [0.2, 0.25) is 0 Å². The molecule has 0 fully saturated rings. The van der Waals surface area contributed by atoms with Gasteiger partial charge in [-0.3, -0.25) is 14.3 Å². The molecule has 2 amide bonds. The number of H-pyrrole nitrogens is 1. The summed E-state index contributed by atoms with van der Waals surface area (Å²) in [5, 5.41) is 10.2. The number of nitrogens with zero attached hydrogens (tertiary/aromatic N) is 3. The van der Waals surface area contributed by atoms with Crippen molar-refractivity contribution in [1.29, 1.82) is 0 Å². The van der Waals surface area contributed by atoms with Crippen molar-refractivity contribution in [1.82, 2.24) is 25.1 Å². The van der Waals surface area contributed by atoms with Gasteiger partial charge in [-0.25, -0.2) is 4.98 Å². The largest absolute Gasteiger partial charge is 0.359 e. The van der Waals surface area contributed by atoms with Crippen molar-refractivity contribution in [3.05, 3.63) is 42.6 Å². The number of carbonyl (C=O) groups excluding carboxylic acids is 2. The Kier molecular flexibility index (Phi) is 3.80. The fourth-order valence-electron chi connectivity index (χ4n) is 2.25. The maximum atomic E-state index is 12.1. The van der Waals surface area contributed by atoms with Crippen LogP contribution in [-0.2, 0) is 16.6 Å². The van der Waals surface area contributed by atoms with Crippen LogP contribution in [0, 0.1) is 0 Å². The molecule has 3 rings (SSSR count). The molecule has 2 aromatic heterocycles. The minimum atomic E-state index is -0.742. The summed E-state index contributed by atoms with van der Waals surface area (Å²) in [6.45, 7) is 1.71. The van der Waals surface area contributed by atoms with Crippen molar-refractivity contribution in [2.45, 2.75) is 13.0 Å². The molecule has 8 nitrogen and oxygen atoms in total. The third-order valence-corrected chi connectivity index (χ3v) is 3.39. The van der Waals surface area contributed by atoms with E-state index in [-0.39, 0.29) is 0 Å². The predicted octanol–water partition coefficient (Wildman–Crippen LogP) is 1.11. The smallest absolute Gasteiger partial charge is 0.313 e. The Hall–Kier alpha value is -3.16. The third-order valence-electron chi connectivity index (χ3n) is 3.39. The van der Waals surface area contributed by atoms with Crippen molar-refractivity contribution < 1.29 is 9.59 Å². The summed E-state index contributed by atoms with van der Waals surface area (Å²) in [4.78, 5) is 31.2. The molecule has 0 saturated heterocycles. The average Bonchev–Trinajstić information content (AvgIpc) is 3.16. The lowest BCUT2D eigenvalue weighted by atomic mass is 10.2. The molecule has 0 aliphatic carbocycles. The van der Waals surface area contributed by atoms with E-state index in [2.05, 4.69) is 25.7 Å². The number of fused-ring (bicyclic) bond motifs is 1.